The van der Waals surface area contributed by atoms with Crippen molar-refractivity contribution in [3.8, 4) is 0 Å². The fourth-order valence-electron chi connectivity index (χ4n) is 1.97. The Balaban J connectivity index is 2.18. The fourth-order valence-corrected chi connectivity index (χ4v) is 2.12. The minimum atomic E-state index is -1.46. The van der Waals surface area contributed by atoms with Crippen molar-refractivity contribution in [1.82, 2.24) is 0 Å². The molecule has 88 valence electrons. The van der Waals surface area contributed by atoms with Crippen molar-refractivity contribution in [3.63, 3.8) is 0 Å². The lowest BCUT2D eigenvalue weighted by Gasteiger charge is -2.23. The molecule has 1 aliphatic rings. The van der Waals surface area contributed by atoms with Crippen molar-refractivity contribution < 1.29 is 8.78 Å². The van der Waals surface area contributed by atoms with Crippen LogP contribution in [0.15, 0.2) is 18.2 Å². The van der Waals surface area contributed by atoms with E-state index in [9.17, 15) is 8.78 Å². The third-order valence-corrected chi connectivity index (χ3v) is 3.38. The van der Waals surface area contributed by atoms with E-state index in [-0.39, 0.29) is 18.9 Å². The van der Waals surface area contributed by atoms with Gasteiger partial charge in [-0.15, -0.1) is 0 Å². The summed E-state index contributed by atoms with van der Waals surface area (Å²) < 4.78 is 27.9. The van der Waals surface area contributed by atoms with Gasteiger partial charge in [0.1, 0.15) is 11.5 Å². The Morgan fingerprint density at radius 3 is 2.62 bits per heavy atom. The summed E-state index contributed by atoms with van der Waals surface area (Å²) in [6, 6.07) is 4.31. The van der Waals surface area contributed by atoms with Crippen molar-refractivity contribution >= 4 is 11.6 Å². The molecule has 1 nitrogen and oxygen atoms in total. The summed E-state index contributed by atoms with van der Waals surface area (Å²) in [5, 5.41) is 0.324. The number of rotatable bonds is 4. The van der Waals surface area contributed by atoms with E-state index < -0.39 is 11.5 Å². The summed E-state index contributed by atoms with van der Waals surface area (Å²) in [5.41, 5.74) is 4.34. The van der Waals surface area contributed by atoms with Crippen LogP contribution in [0.5, 0.6) is 0 Å². The summed E-state index contributed by atoms with van der Waals surface area (Å²) in [5.74, 6) is -0.462. The van der Waals surface area contributed by atoms with E-state index in [2.05, 4.69) is 0 Å². The SMILES string of the molecule is NCC(F)(Cc1ccc(Cl)cc1F)C1CC1. The highest BCUT2D eigenvalue weighted by Crippen LogP contribution is 2.43. The van der Waals surface area contributed by atoms with E-state index in [0.717, 1.165) is 12.8 Å². The predicted molar refractivity (Wildman–Crippen MR) is 60.7 cm³/mol. The molecule has 0 saturated heterocycles. The van der Waals surface area contributed by atoms with Gasteiger partial charge < -0.3 is 5.73 Å². The number of alkyl halides is 1. The van der Waals surface area contributed by atoms with Gasteiger partial charge >= 0.3 is 0 Å². The van der Waals surface area contributed by atoms with E-state index in [1.807, 2.05) is 0 Å². The lowest BCUT2D eigenvalue weighted by molar-refractivity contribution is 0.141. The first-order valence-electron chi connectivity index (χ1n) is 5.38. The zero-order chi connectivity index (χ0) is 11.8. The van der Waals surface area contributed by atoms with Gasteiger partial charge in [0, 0.05) is 18.0 Å². The van der Waals surface area contributed by atoms with Crippen molar-refractivity contribution in [2.24, 2.45) is 11.7 Å². The van der Waals surface area contributed by atoms with E-state index in [0.29, 0.717) is 10.6 Å². The molecule has 2 rings (SSSR count). The van der Waals surface area contributed by atoms with Gasteiger partial charge in [0.05, 0.1) is 0 Å². The molecular formula is C12H14ClF2N. The minimum Gasteiger partial charge on any atom is -0.328 e. The molecule has 1 fully saturated rings. The highest BCUT2D eigenvalue weighted by atomic mass is 35.5. The summed E-state index contributed by atoms with van der Waals surface area (Å²) in [4.78, 5) is 0. The maximum absolute atomic E-state index is 14.3. The molecule has 1 saturated carbocycles. The molecule has 0 aliphatic heterocycles. The topological polar surface area (TPSA) is 26.0 Å². The van der Waals surface area contributed by atoms with Gasteiger partial charge in [-0.2, -0.15) is 0 Å². The Hall–Kier alpha value is -0.670. The van der Waals surface area contributed by atoms with Crippen LogP contribution in [0.1, 0.15) is 18.4 Å². The highest BCUT2D eigenvalue weighted by Gasteiger charge is 2.45. The summed E-state index contributed by atoms with van der Waals surface area (Å²) in [7, 11) is 0. The number of hydrogen-bond donors (Lipinski definition) is 1. The normalized spacial score (nSPS) is 19.5. The minimum absolute atomic E-state index is 0.00687. The first-order chi connectivity index (χ1) is 7.55. The van der Waals surface area contributed by atoms with E-state index in [4.69, 9.17) is 17.3 Å². The summed E-state index contributed by atoms with van der Waals surface area (Å²) in [6.45, 7) is -0.0558. The molecule has 0 heterocycles. The first kappa shape index (κ1) is 11.8. The molecule has 1 aliphatic carbocycles. The van der Waals surface area contributed by atoms with Crippen LogP contribution in [0, 0.1) is 11.7 Å². The second kappa shape index (κ2) is 4.30. The molecule has 1 aromatic carbocycles. The van der Waals surface area contributed by atoms with Crippen LogP contribution in [-0.4, -0.2) is 12.2 Å². The van der Waals surface area contributed by atoms with Gasteiger partial charge in [-0.05, 0) is 36.5 Å². The van der Waals surface area contributed by atoms with Gasteiger partial charge in [-0.3, -0.25) is 0 Å². The van der Waals surface area contributed by atoms with Crippen molar-refractivity contribution in [2.45, 2.75) is 24.9 Å². The van der Waals surface area contributed by atoms with E-state index in [1.54, 1.807) is 6.07 Å². The molecule has 0 bridgehead atoms. The Bertz CT molecular complexity index is 393. The molecule has 16 heavy (non-hydrogen) atoms. The monoisotopic (exact) mass is 245 g/mol. The zero-order valence-electron chi connectivity index (χ0n) is 8.85. The Morgan fingerprint density at radius 2 is 2.12 bits per heavy atom. The second-order valence-electron chi connectivity index (χ2n) is 4.43. The van der Waals surface area contributed by atoms with Crippen molar-refractivity contribution in [1.29, 1.82) is 0 Å². The average Bonchev–Trinajstić information content (AvgIpc) is 3.06. The summed E-state index contributed by atoms with van der Waals surface area (Å²) >= 11 is 5.64. The van der Waals surface area contributed by atoms with Crippen molar-refractivity contribution in [3.05, 3.63) is 34.6 Å². The molecule has 2 N–H and O–H groups in total. The average molecular weight is 246 g/mol. The van der Waals surface area contributed by atoms with Crippen LogP contribution in [-0.2, 0) is 6.42 Å². The second-order valence-corrected chi connectivity index (χ2v) is 4.86. The number of benzene rings is 1. The third-order valence-electron chi connectivity index (χ3n) is 3.15. The lowest BCUT2D eigenvalue weighted by atomic mass is 9.91. The maximum Gasteiger partial charge on any atom is 0.130 e. The number of hydrogen-bond acceptors (Lipinski definition) is 1. The van der Waals surface area contributed by atoms with Crippen LogP contribution in [0.3, 0.4) is 0 Å². The van der Waals surface area contributed by atoms with Crippen LogP contribution in [0.4, 0.5) is 8.78 Å². The van der Waals surface area contributed by atoms with Gasteiger partial charge in [0.15, 0.2) is 0 Å². The van der Waals surface area contributed by atoms with Crippen LogP contribution < -0.4 is 5.73 Å². The molecule has 1 atom stereocenters. The molecule has 4 heteroatoms. The number of halogens is 3. The van der Waals surface area contributed by atoms with E-state index >= 15 is 0 Å². The standard InChI is InChI=1S/C12H14ClF2N/c13-10-4-1-8(11(14)5-10)6-12(15,7-16)9-2-3-9/h1,4-5,9H,2-3,6-7,16H2. The predicted octanol–water partition coefficient (Wildman–Crippen LogP) is 3.10. The van der Waals surface area contributed by atoms with Gasteiger partial charge in [-0.25, -0.2) is 8.78 Å². The molecule has 1 aromatic rings. The van der Waals surface area contributed by atoms with E-state index in [1.165, 1.54) is 12.1 Å². The quantitative estimate of drug-likeness (QED) is 0.867. The summed E-state index contributed by atoms with van der Waals surface area (Å²) in [6.07, 6.45) is 1.74. The molecule has 0 radical (unpaired) electrons. The van der Waals surface area contributed by atoms with Crippen LogP contribution >= 0.6 is 11.6 Å². The molecule has 1 unspecified atom stereocenters. The third kappa shape index (κ3) is 2.36. The lowest BCUT2D eigenvalue weighted by Crippen LogP contribution is -2.38. The Labute approximate surface area is 98.6 Å². The van der Waals surface area contributed by atoms with Crippen LogP contribution in [0.2, 0.25) is 5.02 Å². The Kier molecular flexibility index (Phi) is 3.17. The molecule has 0 aromatic heterocycles. The smallest absolute Gasteiger partial charge is 0.130 e. The largest absolute Gasteiger partial charge is 0.328 e. The zero-order valence-corrected chi connectivity index (χ0v) is 9.61. The highest BCUT2D eigenvalue weighted by molar-refractivity contribution is 6.30. The fraction of sp³-hybridized carbons (Fsp3) is 0.500. The number of nitrogens with two attached hydrogens (primary N) is 1. The molecular weight excluding hydrogens is 232 g/mol. The molecule has 0 amide bonds. The van der Waals surface area contributed by atoms with Crippen LogP contribution in [0.25, 0.3) is 0 Å². The van der Waals surface area contributed by atoms with Gasteiger partial charge in [0.25, 0.3) is 0 Å². The molecule has 0 spiro atoms. The Morgan fingerprint density at radius 1 is 1.44 bits per heavy atom. The van der Waals surface area contributed by atoms with Gasteiger partial charge in [-0.1, -0.05) is 17.7 Å². The first-order valence-corrected chi connectivity index (χ1v) is 5.76. The maximum atomic E-state index is 14.3. The van der Waals surface area contributed by atoms with Gasteiger partial charge in [0.2, 0.25) is 0 Å². The van der Waals surface area contributed by atoms with Crippen molar-refractivity contribution in [2.75, 3.05) is 6.54 Å².